The number of methoxy groups -OCH3 is 1. The Bertz CT molecular complexity index is 1190. The lowest BCUT2D eigenvalue weighted by molar-refractivity contribution is -0.384. The van der Waals surface area contributed by atoms with Crippen molar-refractivity contribution in [3.05, 3.63) is 93.0 Å². The molecule has 5 rings (SSSR count). The average molecular weight is 401 g/mol. The summed E-state index contributed by atoms with van der Waals surface area (Å²) in [5, 5.41) is 14.9. The topological polar surface area (TPSA) is 84.7 Å². The first kappa shape index (κ1) is 18.2. The molecule has 0 bridgehead atoms. The lowest BCUT2D eigenvalue weighted by Crippen LogP contribution is -2.14. The van der Waals surface area contributed by atoms with Gasteiger partial charge in [0.15, 0.2) is 0 Å². The van der Waals surface area contributed by atoms with E-state index in [4.69, 9.17) is 4.74 Å². The van der Waals surface area contributed by atoms with Gasteiger partial charge in [0.05, 0.1) is 40.7 Å². The number of carbonyl (C=O) groups is 1. The molecule has 2 heterocycles. The van der Waals surface area contributed by atoms with E-state index in [9.17, 15) is 14.9 Å². The predicted octanol–water partition coefficient (Wildman–Crippen LogP) is 4.59. The highest BCUT2D eigenvalue weighted by Gasteiger charge is 2.33. The first-order chi connectivity index (χ1) is 14.6. The number of carbonyl (C=O) groups excluding carboxylic acids is 1. The van der Waals surface area contributed by atoms with Crippen LogP contribution in [0.15, 0.2) is 60.7 Å². The van der Waals surface area contributed by atoms with Gasteiger partial charge in [0.1, 0.15) is 0 Å². The molecule has 0 fully saturated rings. The van der Waals surface area contributed by atoms with E-state index in [1.54, 1.807) is 24.3 Å². The van der Waals surface area contributed by atoms with E-state index in [2.05, 4.69) is 22.3 Å². The zero-order valence-corrected chi connectivity index (χ0v) is 16.3. The van der Waals surface area contributed by atoms with Crippen LogP contribution in [0.1, 0.15) is 33.1 Å². The van der Waals surface area contributed by atoms with Crippen LogP contribution in [0.3, 0.4) is 0 Å². The van der Waals surface area contributed by atoms with Gasteiger partial charge in [0.2, 0.25) is 0 Å². The summed E-state index contributed by atoms with van der Waals surface area (Å²) in [6, 6.07) is 18.1. The number of esters is 1. The smallest absolute Gasteiger partial charge is 0.337 e. The molecule has 0 aliphatic carbocycles. The molecule has 0 spiro atoms. The quantitative estimate of drug-likeness (QED) is 0.393. The molecule has 3 aromatic rings. The maximum Gasteiger partial charge on any atom is 0.337 e. The third kappa shape index (κ3) is 2.78. The highest BCUT2D eigenvalue weighted by atomic mass is 16.6. The molecule has 7 heteroatoms. The fourth-order valence-corrected chi connectivity index (χ4v) is 4.41. The van der Waals surface area contributed by atoms with Crippen molar-refractivity contribution >= 4 is 28.7 Å². The molecule has 2 aliphatic heterocycles. The molecule has 0 saturated carbocycles. The van der Waals surface area contributed by atoms with Crippen LogP contribution in [0, 0.1) is 10.1 Å². The number of nitro groups is 1. The number of hydrogen-bond acceptors (Lipinski definition) is 6. The van der Waals surface area contributed by atoms with Gasteiger partial charge in [0.25, 0.3) is 5.69 Å². The van der Waals surface area contributed by atoms with Gasteiger partial charge in [-0.25, -0.2) is 4.79 Å². The van der Waals surface area contributed by atoms with E-state index in [0.29, 0.717) is 5.56 Å². The van der Waals surface area contributed by atoms with Gasteiger partial charge in [-0.1, -0.05) is 30.3 Å². The monoisotopic (exact) mass is 401 g/mol. The van der Waals surface area contributed by atoms with E-state index < -0.39 is 5.97 Å². The summed E-state index contributed by atoms with van der Waals surface area (Å²) in [7, 11) is 1.36. The Hall–Kier alpha value is -3.87. The third-order valence-corrected chi connectivity index (χ3v) is 5.76. The maximum atomic E-state index is 12.1. The Morgan fingerprint density at radius 1 is 1.17 bits per heavy atom. The van der Waals surface area contributed by atoms with Gasteiger partial charge in [-0.2, -0.15) is 0 Å². The molecule has 1 N–H and O–H groups in total. The lowest BCUT2D eigenvalue weighted by atomic mass is 9.95. The number of benzene rings is 3. The summed E-state index contributed by atoms with van der Waals surface area (Å²) in [4.78, 5) is 25.3. The number of anilines is 3. The Balaban J connectivity index is 1.72. The SMILES string of the molecule is COC(=O)c1ccc2c(c1)N[C@H](c1cccc([N+](=O)[O-])c1)c1cccc3c1N2CC3. The highest BCUT2D eigenvalue weighted by Crippen LogP contribution is 2.48. The van der Waals surface area contributed by atoms with Gasteiger partial charge in [-0.3, -0.25) is 10.1 Å². The Morgan fingerprint density at radius 2 is 2.00 bits per heavy atom. The van der Waals surface area contributed by atoms with Crippen molar-refractivity contribution in [3.63, 3.8) is 0 Å². The molecular formula is C23H19N3O4. The van der Waals surface area contributed by atoms with Crippen LogP contribution in [-0.2, 0) is 11.2 Å². The number of nitrogens with zero attached hydrogens (tertiary/aromatic N) is 2. The summed E-state index contributed by atoms with van der Waals surface area (Å²) in [6.07, 6.45) is 0.920. The van der Waals surface area contributed by atoms with Crippen LogP contribution >= 0.6 is 0 Å². The average Bonchev–Trinajstić information content (AvgIpc) is 3.15. The summed E-state index contributed by atoms with van der Waals surface area (Å²) < 4.78 is 4.88. The molecule has 0 aromatic heterocycles. The lowest BCUT2D eigenvalue weighted by Gasteiger charge is -2.21. The van der Waals surface area contributed by atoms with Gasteiger partial charge < -0.3 is 15.0 Å². The van der Waals surface area contributed by atoms with Crippen molar-refractivity contribution in [1.82, 2.24) is 0 Å². The maximum absolute atomic E-state index is 12.1. The molecular weight excluding hydrogens is 382 g/mol. The van der Waals surface area contributed by atoms with Crippen molar-refractivity contribution in [2.45, 2.75) is 12.5 Å². The predicted molar refractivity (Wildman–Crippen MR) is 113 cm³/mol. The summed E-state index contributed by atoms with van der Waals surface area (Å²) in [5.74, 6) is -0.407. The Morgan fingerprint density at radius 3 is 2.80 bits per heavy atom. The van der Waals surface area contributed by atoms with E-state index in [0.717, 1.165) is 41.2 Å². The largest absolute Gasteiger partial charge is 0.465 e. The first-order valence-corrected chi connectivity index (χ1v) is 9.69. The fourth-order valence-electron chi connectivity index (χ4n) is 4.41. The minimum Gasteiger partial charge on any atom is -0.465 e. The normalized spacial score (nSPS) is 16.2. The van der Waals surface area contributed by atoms with Crippen LogP contribution in [0.25, 0.3) is 0 Å². The molecule has 1 atom stereocenters. The zero-order valence-electron chi connectivity index (χ0n) is 16.3. The minimum atomic E-state index is -0.407. The van der Waals surface area contributed by atoms with Gasteiger partial charge >= 0.3 is 5.97 Å². The molecule has 150 valence electrons. The van der Waals surface area contributed by atoms with Crippen LogP contribution in [-0.4, -0.2) is 24.5 Å². The molecule has 30 heavy (non-hydrogen) atoms. The van der Waals surface area contributed by atoms with Crippen molar-refractivity contribution in [2.24, 2.45) is 0 Å². The summed E-state index contributed by atoms with van der Waals surface area (Å²) in [5.41, 5.74) is 6.49. The third-order valence-electron chi connectivity index (χ3n) is 5.76. The van der Waals surface area contributed by atoms with Crippen molar-refractivity contribution in [1.29, 1.82) is 0 Å². The number of hydrogen-bond donors (Lipinski definition) is 1. The number of rotatable bonds is 3. The number of fused-ring (bicyclic) bond motifs is 2. The van der Waals surface area contributed by atoms with E-state index in [-0.39, 0.29) is 16.7 Å². The van der Waals surface area contributed by atoms with E-state index in [1.165, 1.54) is 18.7 Å². The molecule has 2 aliphatic rings. The summed E-state index contributed by atoms with van der Waals surface area (Å²) >= 11 is 0. The van der Waals surface area contributed by atoms with E-state index in [1.807, 2.05) is 18.2 Å². The van der Waals surface area contributed by atoms with Crippen molar-refractivity contribution in [2.75, 3.05) is 23.9 Å². The molecule has 7 nitrogen and oxygen atoms in total. The minimum absolute atomic E-state index is 0.0477. The number of ether oxygens (including phenoxy) is 1. The van der Waals surface area contributed by atoms with Crippen LogP contribution in [0.2, 0.25) is 0 Å². The number of nitrogens with one attached hydrogen (secondary N) is 1. The van der Waals surface area contributed by atoms with Crippen LogP contribution < -0.4 is 10.2 Å². The van der Waals surface area contributed by atoms with Crippen LogP contribution in [0.5, 0.6) is 0 Å². The number of nitro benzene ring substituents is 1. The van der Waals surface area contributed by atoms with Crippen LogP contribution in [0.4, 0.5) is 22.7 Å². The second-order valence-corrected chi connectivity index (χ2v) is 7.41. The van der Waals surface area contributed by atoms with Gasteiger partial charge in [0, 0.05) is 24.2 Å². The molecule has 3 aromatic carbocycles. The van der Waals surface area contributed by atoms with E-state index >= 15 is 0 Å². The second-order valence-electron chi connectivity index (χ2n) is 7.41. The highest BCUT2D eigenvalue weighted by molar-refractivity contribution is 5.94. The molecule has 0 amide bonds. The number of non-ortho nitro benzene ring substituents is 1. The Labute approximate surface area is 173 Å². The fraction of sp³-hybridized carbons (Fsp3) is 0.174. The first-order valence-electron chi connectivity index (χ1n) is 9.69. The zero-order chi connectivity index (χ0) is 20.8. The molecule has 0 radical (unpaired) electrons. The van der Waals surface area contributed by atoms with Gasteiger partial charge in [-0.15, -0.1) is 0 Å². The van der Waals surface area contributed by atoms with Crippen molar-refractivity contribution in [3.8, 4) is 0 Å². The standard InChI is InChI=1S/C23H19N3O4/c1-30-23(27)16-8-9-20-19(13-16)24-21(15-5-2-6-17(12-15)26(28)29)18-7-3-4-14-10-11-25(20)22(14)18/h2-9,12-13,21,24H,10-11H2,1H3/t21-/m1/s1. The summed E-state index contributed by atoms with van der Waals surface area (Å²) in [6.45, 7) is 0.834. The van der Waals surface area contributed by atoms with Crippen molar-refractivity contribution < 1.29 is 14.5 Å². The van der Waals surface area contributed by atoms with Gasteiger partial charge in [-0.05, 0) is 35.7 Å². The molecule has 0 unspecified atom stereocenters. The Kier molecular flexibility index (Phi) is 4.17. The second kappa shape index (κ2) is 6.88. The molecule has 0 saturated heterocycles. The number of para-hydroxylation sites is 1.